The third-order valence-corrected chi connectivity index (χ3v) is 3.17. The second-order valence-electron chi connectivity index (χ2n) is 4.22. The number of benzene rings is 1. The zero-order chi connectivity index (χ0) is 13.1. The fourth-order valence-corrected chi connectivity index (χ4v) is 2.08. The Labute approximate surface area is 121 Å². The first-order chi connectivity index (χ1) is 8.58. The van der Waals surface area contributed by atoms with Gasteiger partial charge >= 0.3 is 0 Å². The lowest BCUT2D eigenvalue weighted by atomic mass is 10.2. The van der Waals surface area contributed by atoms with Gasteiger partial charge in [0.15, 0.2) is 0 Å². The molecule has 1 aromatic carbocycles. The van der Waals surface area contributed by atoms with Crippen molar-refractivity contribution in [3.05, 3.63) is 34.6 Å². The Morgan fingerprint density at radius 3 is 2.89 bits per heavy atom. The fourth-order valence-electron chi connectivity index (χ4n) is 1.88. The molecule has 1 aromatic rings. The van der Waals surface area contributed by atoms with E-state index in [1.807, 2.05) is 0 Å². The molecule has 2 rings (SSSR count). The third-order valence-electron chi connectivity index (χ3n) is 2.88. The van der Waals surface area contributed by atoms with Crippen LogP contribution in [0.2, 0.25) is 5.02 Å². The third kappa shape index (κ3) is 4.03. The quantitative estimate of drug-likeness (QED) is 0.899. The smallest absolute Gasteiger partial charge is 0.237 e. The topological polar surface area (TPSA) is 41.1 Å². The molecule has 0 spiro atoms. The van der Waals surface area contributed by atoms with Crippen molar-refractivity contribution in [1.82, 2.24) is 10.6 Å². The summed E-state index contributed by atoms with van der Waals surface area (Å²) in [5.74, 6) is -0.864. The second-order valence-corrected chi connectivity index (χ2v) is 4.63. The van der Waals surface area contributed by atoms with Crippen molar-refractivity contribution >= 4 is 29.9 Å². The molecule has 0 radical (unpaired) electrons. The average Bonchev–Trinajstić information content (AvgIpc) is 2.77. The molecule has 106 valence electrons. The highest BCUT2D eigenvalue weighted by Crippen LogP contribution is 2.17. The van der Waals surface area contributed by atoms with E-state index < -0.39 is 18.0 Å². The predicted octanol–water partition coefficient (Wildman–Crippen LogP) is 2.22. The first-order valence-electron chi connectivity index (χ1n) is 5.66. The number of alkyl halides is 1. The lowest BCUT2D eigenvalue weighted by molar-refractivity contribution is -0.123. The molecule has 2 N–H and O–H groups in total. The van der Waals surface area contributed by atoms with Gasteiger partial charge in [0, 0.05) is 25.1 Å². The minimum atomic E-state index is -0.997. The van der Waals surface area contributed by atoms with Crippen LogP contribution in [0.15, 0.2) is 18.2 Å². The molecule has 3 nitrogen and oxygen atoms in total. The maximum Gasteiger partial charge on any atom is 0.237 e. The van der Waals surface area contributed by atoms with Crippen LogP contribution < -0.4 is 10.6 Å². The molecular weight excluding hydrogens is 297 g/mol. The average molecular weight is 311 g/mol. The van der Waals surface area contributed by atoms with Crippen LogP contribution in [-0.2, 0) is 11.3 Å². The van der Waals surface area contributed by atoms with Crippen LogP contribution in [0.3, 0.4) is 0 Å². The molecule has 2 unspecified atom stereocenters. The van der Waals surface area contributed by atoms with E-state index >= 15 is 0 Å². The van der Waals surface area contributed by atoms with E-state index in [0.29, 0.717) is 5.56 Å². The van der Waals surface area contributed by atoms with Gasteiger partial charge in [0.05, 0.1) is 11.1 Å². The number of rotatable bonds is 3. The summed E-state index contributed by atoms with van der Waals surface area (Å²) < 4.78 is 26.4. The zero-order valence-corrected chi connectivity index (χ0v) is 11.5. The Hall–Kier alpha value is -0.910. The number of amides is 1. The molecule has 0 aliphatic carbocycles. The SMILES string of the molecule is Cl.O=C(NCc1cccc(Cl)c1F)C1CC(F)CN1. The van der Waals surface area contributed by atoms with Gasteiger partial charge in [-0.25, -0.2) is 8.78 Å². The number of halogens is 4. The molecule has 7 heteroatoms. The highest BCUT2D eigenvalue weighted by atomic mass is 35.5. The number of hydrogen-bond donors (Lipinski definition) is 2. The molecule has 1 saturated heterocycles. The van der Waals surface area contributed by atoms with Gasteiger partial charge in [-0.05, 0) is 6.07 Å². The molecule has 1 fully saturated rings. The summed E-state index contributed by atoms with van der Waals surface area (Å²) >= 11 is 5.63. The van der Waals surface area contributed by atoms with E-state index in [1.54, 1.807) is 12.1 Å². The number of hydrogen-bond acceptors (Lipinski definition) is 2. The predicted molar refractivity (Wildman–Crippen MR) is 71.8 cm³/mol. The van der Waals surface area contributed by atoms with E-state index in [9.17, 15) is 13.6 Å². The van der Waals surface area contributed by atoms with Crippen LogP contribution in [0.1, 0.15) is 12.0 Å². The Bertz CT molecular complexity index is 459. The van der Waals surface area contributed by atoms with Gasteiger partial charge in [-0.15, -0.1) is 12.4 Å². The Morgan fingerprint density at radius 2 is 2.26 bits per heavy atom. The Kier molecular flexibility index (Phi) is 5.97. The molecule has 2 atom stereocenters. The lowest BCUT2D eigenvalue weighted by Gasteiger charge is -2.11. The number of nitrogens with one attached hydrogen (secondary N) is 2. The number of carbonyl (C=O) groups excluding carboxylic acids is 1. The van der Waals surface area contributed by atoms with Crippen LogP contribution in [0, 0.1) is 5.82 Å². The molecule has 19 heavy (non-hydrogen) atoms. The minimum Gasteiger partial charge on any atom is -0.351 e. The van der Waals surface area contributed by atoms with Crippen LogP contribution in [0.25, 0.3) is 0 Å². The van der Waals surface area contributed by atoms with Crippen LogP contribution in [0.5, 0.6) is 0 Å². The van der Waals surface area contributed by atoms with Crippen molar-refractivity contribution in [2.24, 2.45) is 0 Å². The zero-order valence-electron chi connectivity index (χ0n) is 9.96. The fraction of sp³-hybridized carbons (Fsp3) is 0.417. The summed E-state index contributed by atoms with van der Waals surface area (Å²) in [6.45, 7) is 0.226. The van der Waals surface area contributed by atoms with E-state index in [1.165, 1.54) is 6.07 Å². The van der Waals surface area contributed by atoms with Crippen molar-refractivity contribution in [3.8, 4) is 0 Å². The summed E-state index contributed by atoms with van der Waals surface area (Å²) in [5, 5.41) is 5.34. The summed E-state index contributed by atoms with van der Waals surface area (Å²) in [6, 6.07) is 4.05. The Balaban J connectivity index is 0.00000180. The molecule has 0 aromatic heterocycles. The van der Waals surface area contributed by atoms with Gasteiger partial charge in [0.2, 0.25) is 5.91 Å². The van der Waals surface area contributed by atoms with Gasteiger partial charge in [-0.1, -0.05) is 23.7 Å². The molecule has 1 aliphatic heterocycles. The first-order valence-corrected chi connectivity index (χ1v) is 6.04. The van der Waals surface area contributed by atoms with Gasteiger partial charge in [0.1, 0.15) is 12.0 Å². The molecule has 0 bridgehead atoms. The summed E-state index contributed by atoms with van der Waals surface area (Å²) in [6.07, 6.45) is -0.840. The van der Waals surface area contributed by atoms with Crippen LogP contribution >= 0.6 is 24.0 Å². The van der Waals surface area contributed by atoms with E-state index in [0.717, 1.165) is 0 Å². The molecule has 1 aliphatic rings. The van der Waals surface area contributed by atoms with E-state index in [2.05, 4.69) is 10.6 Å². The lowest BCUT2D eigenvalue weighted by Crippen LogP contribution is -2.40. The van der Waals surface area contributed by atoms with Crippen molar-refractivity contribution in [1.29, 1.82) is 0 Å². The molecule has 1 heterocycles. The van der Waals surface area contributed by atoms with Crippen molar-refractivity contribution in [2.45, 2.75) is 25.2 Å². The largest absolute Gasteiger partial charge is 0.351 e. The Morgan fingerprint density at radius 1 is 1.53 bits per heavy atom. The molecular formula is C12H14Cl2F2N2O. The maximum absolute atomic E-state index is 13.5. The second kappa shape index (κ2) is 7.03. The summed E-state index contributed by atoms with van der Waals surface area (Å²) in [4.78, 5) is 11.7. The van der Waals surface area contributed by atoms with Gasteiger partial charge in [-0.3, -0.25) is 4.79 Å². The highest BCUT2D eigenvalue weighted by molar-refractivity contribution is 6.30. The van der Waals surface area contributed by atoms with Crippen molar-refractivity contribution in [2.75, 3.05) is 6.54 Å². The van der Waals surface area contributed by atoms with Crippen molar-refractivity contribution < 1.29 is 13.6 Å². The van der Waals surface area contributed by atoms with Gasteiger partial charge in [0.25, 0.3) is 0 Å². The summed E-state index contributed by atoms with van der Waals surface area (Å²) in [5.41, 5.74) is 0.311. The molecule has 0 saturated carbocycles. The standard InChI is InChI=1S/C12H13ClF2N2O.ClH/c13-9-3-1-2-7(11(9)15)5-17-12(18)10-4-8(14)6-16-10;/h1-3,8,10,16H,4-6H2,(H,17,18);1H. The number of carbonyl (C=O) groups is 1. The van der Waals surface area contributed by atoms with E-state index in [4.69, 9.17) is 11.6 Å². The van der Waals surface area contributed by atoms with Gasteiger partial charge < -0.3 is 10.6 Å². The molecule has 1 amide bonds. The summed E-state index contributed by atoms with van der Waals surface area (Å²) in [7, 11) is 0. The first kappa shape index (κ1) is 16.1. The minimum absolute atomic E-state index is 0. The van der Waals surface area contributed by atoms with Crippen LogP contribution in [-0.4, -0.2) is 24.7 Å². The van der Waals surface area contributed by atoms with Gasteiger partial charge in [-0.2, -0.15) is 0 Å². The van der Waals surface area contributed by atoms with Crippen molar-refractivity contribution in [3.63, 3.8) is 0 Å². The monoisotopic (exact) mass is 310 g/mol. The maximum atomic E-state index is 13.5. The van der Waals surface area contributed by atoms with E-state index in [-0.39, 0.29) is 42.8 Å². The normalized spacial score (nSPS) is 21.8. The highest BCUT2D eigenvalue weighted by Gasteiger charge is 2.28. The van der Waals surface area contributed by atoms with Crippen LogP contribution in [0.4, 0.5) is 8.78 Å².